The Balaban J connectivity index is 4.08. The lowest BCUT2D eigenvalue weighted by Crippen LogP contribution is -2.46. The summed E-state index contributed by atoms with van der Waals surface area (Å²) in [5, 5.41) is 14.1. The van der Waals surface area contributed by atoms with Crippen LogP contribution in [0.25, 0.3) is 0 Å². The van der Waals surface area contributed by atoms with E-state index in [1.165, 1.54) is 148 Å². The second-order valence-electron chi connectivity index (χ2n) is 23.8. The number of nitrogens with zero attached hydrogens (tertiary/aromatic N) is 1. The molecule has 0 bridgehead atoms. The third-order valence-electron chi connectivity index (χ3n) is 14.7. The topological polar surface area (TPSA) is 108 Å². The van der Waals surface area contributed by atoms with Crippen molar-refractivity contribution in [3.63, 3.8) is 0 Å². The molecule has 0 saturated carbocycles. The van der Waals surface area contributed by atoms with Gasteiger partial charge >= 0.3 is 0 Å². The second kappa shape index (κ2) is 62.4. The molecule has 0 heterocycles. The van der Waals surface area contributed by atoms with E-state index in [-0.39, 0.29) is 19.1 Å². The monoisotopic (exact) mass is 1160 g/mol. The van der Waals surface area contributed by atoms with E-state index in [9.17, 15) is 19.4 Å². The number of aliphatic hydroxyl groups is 1. The minimum absolute atomic E-state index is 0.00690. The van der Waals surface area contributed by atoms with Crippen molar-refractivity contribution in [2.45, 2.75) is 296 Å². The van der Waals surface area contributed by atoms with Crippen molar-refractivity contribution < 1.29 is 32.9 Å². The maximum absolute atomic E-state index is 13.0. The molecule has 3 atom stereocenters. The number of phosphoric ester groups is 1. The second-order valence-corrected chi connectivity index (χ2v) is 25.2. The number of rotatable bonds is 61. The van der Waals surface area contributed by atoms with E-state index in [1.54, 1.807) is 0 Å². The number of carbonyl (C=O) groups is 1. The summed E-state index contributed by atoms with van der Waals surface area (Å²) in [7, 11) is 1.30. The Morgan fingerprint density at radius 2 is 0.744 bits per heavy atom. The average molecular weight is 1160 g/mol. The lowest BCUT2D eigenvalue weighted by molar-refractivity contribution is -0.870. The number of amides is 1. The number of allylic oxidation sites excluding steroid dienone is 20. The summed E-state index contributed by atoms with van der Waals surface area (Å²) < 4.78 is 23.5. The van der Waals surface area contributed by atoms with Gasteiger partial charge in [-0.25, -0.2) is 0 Å². The Morgan fingerprint density at radius 1 is 0.439 bits per heavy atom. The molecule has 1 amide bonds. The zero-order valence-electron chi connectivity index (χ0n) is 53.9. The molecule has 0 aliphatic rings. The van der Waals surface area contributed by atoms with Crippen molar-refractivity contribution in [3.05, 3.63) is 122 Å². The van der Waals surface area contributed by atoms with E-state index < -0.39 is 20.0 Å². The van der Waals surface area contributed by atoms with Crippen LogP contribution in [0, 0.1) is 0 Å². The Bertz CT molecular complexity index is 1750. The molecule has 0 aromatic carbocycles. The highest BCUT2D eigenvalue weighted by molar-refractivity contribution is 7.45. The average Bonchev–Trinajstić information content (AvgIpc) is 3.47. The third kappa shape index (κ3) is 64.5. The van der Waals surface area contributed by atoms with Crippen molar-refractivity contribution in [1.29, 1.82) is 0 Å². The largest absolute Gasteiger partial charge is 0.756 e. The first-order valence-corrected chi connectivity index (χ1v) is 35.3. The van der Waals surface area contributed by atoms with Crippen LogP contribution in [-0.4, -0.2) is 68.5 Å². The van der Waals surface area contributed by atoms with E-state index in [0.29, 0.717) is 23.9 Å². The number of hydrogen-bond donors (Lipinski definition) is 2. The fourth-order valence-electron chi connectivity index (χ4n) is 9.48. The highest BCUT2D eigenvalue weighted by Crippen LogP contribution is 2.38. The van der Waals surface area contributed by atoms with Crippen LogP contribution in [0.15, 0.2) is 122 Å². The van der Waals surface area contributed by atoms with Gasteiger partial charge in [-0.15, -0.1) is 0 Å². The third-order valence-corrected chi connectivity index (χ3v) is 15.7. The summed E-state index contributed by atoms with van der Waals surface area (Å²) in [5.41, 5.74) is 0. The van der Waals surface area contributed by atoms with Crippen LogP contribution >= 0.6 is 7.82 Å². The van der Waals surface area contributed by atoms with Crippen LogP contribution in [0.1, 0.15) is 284 Å². The highest BCUT2D eigenvalue weighted by Gasteiger charge is 2.24. The molecule has 82 heavy (non-hydrogen) atoms. The van der Waals surface area contributed by atoms with Crippen molar-refractivity contribution >= 4 is 13.7 Å². The van der Waals surface area contributed by atoms with Gasteiger partial charge in [0.05, 0.1) is 39.9 Å². The molecule has 0 aromatic rings. The molecule has 3 unspecified atom stereocenters. The van der Waals surface area contributed by atoms with Gasteiger partial charge in [0.25, 0.3) is 7.82 Å². The highest BCUT2D eigenvalue weighted by atomic mass is 31.2. The predicted octanol–water partition coefficient (Wildman–Crippen LogP) is 21.0. The van der Waals surface area contributed by atoms with Gasteiger partial charge in [0, 0.05) is 6.42 Å². The van der Waals surface area contributed by atoms with Crippen LogP contribution in [0.5, 0.6) is 0 Å². The van der Waals surface area contributed by atoms with Crippen LogP contribution in [0.3, 0.4) is 0 Å². The number of hydrogen-bond acceptors (Lipinski definition) is 6. The Kier molecular flexibility index (Phi) is 60.1. The Morgan fingerprint density at radius 3 is 1.09 bits per heavy atom. The van der Waals surface area contributed by atoms with Crippen molar-refractivity contribution in [2.24, 2.45) is 0 Å². The molecule has 0 spiro atoms. The minimum atomic E-state index is -4.59. The zero-order chi connectivity index (χ0) is 59.8. The van der Waals surface area contributed by atoms with E-state index in [0.717, 1.165) is 109 Å². The first-order valence-electron chi connectivity index (χ1n) is 33.9. The first-order chi connectivity index (χ1) is 40.0. The lowest BCUT2D eigenvalue weighted by Gasteiger charge is -2.30. The molecule has 2 N–H and O–H groups in total. The normalized spacial score (nSPS) is 14.5. The van der Waals surface area contributed by atoms with Gasteiger partial charge in [0.1, 0.15) is 13.2 Å². The van der Waals surface area contributed by atoms with Crippen molar-refractivity contribution in [2.75, 3.05) is 40.9 Å². The molecule has 0 saturated heterocycles. The van der Waals surface area contributed by atoms with Gasteiger partial charge in [0.2, 0.25) is 5.91 Å². The molecule has 0 radical (unpaired) electrons. The van der Waals surface area contributed by atoms with Gasteiger partial charge in [-0.2, -0.15) is 0 Å². The summed E-state index contributed by atoms with van der Waals surface area (Å²) >= 11 is 0. The number of phosphoric acid groups is 1. The summed E-state index contributed by atoms with van der Waals surface area (Å²) in [5.74, 6) is -0.171. The number of likely N-dealkylation sites (N-methyl/N-ethyl adjacent to an activating group) is 1. The Hall–Kier alpha value is -3.10. The standard InChI is InChI=1S/C73H129N2O6P/c1-6-8-10-12-14-16-18-20-22-24-26-27-28-29-30-31-32-33-34-35-36-37-38-39-40-41-42-43-44-45-46-47-49-51-53-55-57-59-61-63-65-67-73(77)74-71(70-81-82(78,79)80-69-68-75(3,4)5)72(76)66-64-62-60-58-56-54-52-50-48-25-23-21-19-17-15-13-11-9-7-2/h8,10,14,16,20,22,26-27,29-30,32-33,35-36,38-39,41-42,44-45,71-72,76H,6-7,9,11-13,15,17-19,21,23-25,28,31,34,37,40,43,46-70H2,1-5H3,(H-,74,77,78,79)/b10-8-,16-14-,22-20-,27-26-,30-29-,33-32-,36-35-,39-38-,42-41-,45-44-. The van der Waals surface area contributed by atoms with Gasteiger partial charge in [0.15, 0.2) is 0 Å². The molecule has 8 nitrogen and oxygen atoms in total. The number of unbranched alkanes of at least 4 members (excludes halogenated alkanes) is 28. The van der Waals surface area contributed by atoms with Crippen LogP contribution in [-0.2, 0) is 18.4 Å². The number of carbonyl (C=O) groups excluding carboxylic acids is 1. The molecule has 0 rings (SSSR count). The fraction of sp³-hybridized carbons (Fsp3) is 0.712. The van der Waals surface area contributed by atoms with Gasteiger partial charge in [-0.3, -0.25) is 9.36 Å². The van der Waals surface area contributed by atoms with Crippen molar-refractivity contribution in [3.8, 4) is 0 Å². The van der Waals surface area contributed by atoms with Crippen LogP contribution in [0.4, 0.5) is 0 Å². The zero-order valence-corrected chi connectivity index (χ0v) is 54.8. The summed E-state index contributed by atoms with van der Waals surface area (Å²) in [6.07, 6.45) is 92.5. The SMILES string of the molecule is CC/C=C\C/C=C\C/C=C\C/C=C\C/C=C\C/C=C\C/C=C\C/C=C\C/C=C\C/C=C\CCCCCCCCCCCCC(=O)NC(COP(=O)([O-])OCC[N+](C)(C)C)C(O)CCCCCCCCCCCCCCCCCCCCC. The smallest absolute Gasteiger partial charge is 0.268 e. The van der Waals surface area contributed by atoms with E-state index in [4.69, 9.17) is 9.05 Å². The summed E-state index contributed by atoms with van der Waals surface area (Å²) in [4.78, 5) is 25.6. The number of nitrogens with one attached hydrogen (secondary N) is 1. The molecule has 0 fully saturated rings. The summed E-state index contributed by atoms with van der Waals surface area (Å²) in [6, 6.07) is -0.811. The van der Waals surface area contributed by atoms with Crippen molar-refractivity contribution in [1.82, 2.24) is 5.32 Å². The summed E-state index contributed by atoms with van der Waals surface area (Å²) in [6.45, 7) is 4.62. The Labute approximate surface area is 507 Å². The van der Waals surface area contributed by atoms with Crippen LogP contribution in [0.2, 0.25) is 0 Å². The molecule has 472 valence electrons. The first kappa shape index (κ1) is 78.9. The number of aliphatic hydroxyl groups excluding tert-OH is 1. The van der Waals surface area contributed by atoms with E-state index in [1.807, 2.05) is 21.1 Å². The maximum atomic E-state index is 13.0. The predicted molar refractivity (Wildman–Crippen MR) is 357 cm³/mol. The molecule has 9 heteroatoms. The minimum Gasteiger partial charge on any atom is -0.756 e. The maximum Gasteiger partial charge on any atom is 0.268 e. The molecular weight excluding hydrogens is 1030 g/mol. The lowest BCUT2D eigenvalue weighted by atomic mass is 10.0. The van der Waals surface area contributed by atoms with E-state index >= 15 is 0 Å². The molecule has 0 aromatic heterocycles. The van der Waals surface area contributed by atoms with Gasteiger partial charge < -0.3 is 28.8 Å². The van der Waals surface area contributed by atoms with Crippen LogP contribution < -0.4 is 10.2 Å². The number of quaternary nitrogens is 1. The van der Waals surface area contributed by atoms with Gasteiger partial charge in [-0.05, 0) is 89.9 Å². The fourth-order valence-corrected chi connectivity index (χ4v) is 10.2. The molecular formula is C73H129N2O6P. The van der Waals surface area contributed by atoms with E-state index in [2.05, 4.69) is 141 Å². The molecule has 0 aliphatic carbocycles. The van der Waals surface area contributed by atoms with Gasteiger partial charge in [-0.1, -0.05) is 309 Å². The quantitative estimate of drug-likeness (QED) is 0.0272. The molecule has 0 aliphatic heterocycles.